The molecular weight excluding hydrogens is 720 g/mol. The van der Waals surface area contributed by atoms with Gasteiger partial charge in [-0.25, -0.2) is 9.19 Å². The molecule has 284 valence electrons. The van der Waals surface area contributed by atoms with Gasteiger partial charge < -0.3 is 23.8 Å². The van der Waals surface area contributed by atoms with E-state index >= 15 is 0 Å². The van der Waals surface area contributed by atoms with Gasteiger partial charge in [0.1, 0.15) is 21.2 Å². The molecule has 2 bridgehead atoms. The summed E-state index contributed by atoms with van der Waals surface area (Å²) in [6, 6.07) is 9.43. The van der Waals surface area contributed by atoms with Crippen LogP contribution in [0.4, 0.5) is 5.82 Å². The van der Waals surface area contributed by atoms with Crippen LogP contribution in [0.5, 0.6) is 11.6 Å². The fourth-order valence-corrected chi connectivity index (χ4v) is 10.5. The van der Waals surface area contributed by atoms with Gasteiger partial charge in [-0.05, 0) is 85.3 Å². The van der Waals surface area contributed by atoms with Crippen molar-refractivity contribution >= 4 is 39.1 Å². The van der Waals surface area contributed by atoms with Crippen molar-refractivity contribution in [2.24, 2.45) is 29.2 Å². The number of nitrogens with zero attached hydrogens (tertiary/aromatic N) is 5. The van der Waals surface area contributed by atoms with Gasteiger partial charge in [-0.15, -0.1) is 9.46 Å². The van der Waals surface area contributed by atoms with Crippen molar-refractivity contribution in [1.29, 1.82) is 0 Å². The molecule has 4 heterocycles. The minimum Gasteiger partial charge on any atom is -0.489 e. The third-order valence-electron chi connectivity index (χ3n) is 11.2. The largest absolute Gasteiger partial charge is 0.489 e. The van der Waals surface area contributed by atoms with Crippen LogP contribution in [0.3, 0.4) is 0 Å². The van der Waals surface area contributed by atoms with Gasteiger partial charge in [-0.1, -0.05) is 36.7 Å². The first kappa shape index (κ1) is 37.3. The molecule has 7 rings (SSSR count). The second kappa shape index (κ2) is 15.0. The summed E-state index contributed by atoms with van der Waals surface area (Å²) in [4.78, 5) is 34.8. The zero-order chi connectivity index (χ0) is 37.5. The number of benzene rings is 1. The van der Waals surface area contributed by atoms with Gasteiger partial charge in [0.15, 0.2) is 11.6 Å². The van der Waals surface area contributed by atoms with E-state index in [1.54, 1.807) is 33.4 Å². The monoisotopic (exact) mass is 766 g/mol. The first-order valence-electron chi connectivity index (χ1n) is 18.1. The molecule has 2 aliphatic heterocycles. The van der Waals surface area contributed by atoms with E-state index in [-0.39, 0.29) is 46.2 Å². The van der Waals surface area contributed by atoms with Gasteiger partial charge >= 0.3 is 5.91 Å². The number of rotatable bonds is 5. The molecule has 2 amide bonds. The number of methoxy groups -OCH3 is 3. The Hall–Kier alpha value is -3.98. The van der Waals surface area contributed by atoms with Gasteiger partial charge in [0.05, 0.1) is 31.7 Å². The minimum absolute atomic E-state index is 0.00656. The second-order valence-electron chi connectivity index (χ2n) is 14.7. The van der Waals surface area contributed by atoms with Gasteiger partial charge in [0, 0.05) is 51.0 Å². The fraction of sp³-hybridized carbons (Fsp3) is 0.526. The summed E-state index contributed by atoms with van der Waals surface area (Å²) in [6.07, 6.45) is 9.57. The van der Waals surface area contributed by atoms with E-state index in [1.165, 1.54) is 29.1 Å². The van der Waals surface area contributed by atoms with Crippen molar-refractivity contribution in [3.8, 4) is 11.6 Å². The summed E-state index contributed by atoms with van der Waals surface area (Å²) in [7, 11) is 2.56. The quantitative estimate of drug-likeness (QED) is 0.346. The summed E-state index contributed by atoms with van der Waals surface area (Å²) in [6.45, 7) is 3.58. The lowest BCUT2D eigenvalue weighted by Crippen LogP contribution is -2.49. The average molecular weight is 767 g/mol. The molecule has 1 N–H and O–H groups in total. The fourth-order valence-electron chi connectivity index (χ4n) is 8.46. The third kappa shape index (κ3) is 7.43. The van der Waals surface area contributed by atoms with Crippen LogP contribution in [0.25, 0.3) is 0 Å². The number of pyridine rings is 1. The number of amides is 2. The predicted octanol–water partition coefficient (Wildman–Crippen LogP) is 5.17. The van der Waals surface area contributed by atoms with Crippen molar-refractivity contribution in [3.05, 3.63) is 76.1 Å². The molecule has 53 heavy (non-hydrogen) atoms. The van der Waals surface area contributed by atoms with E-state index in [0.29, 0.717) is 36.3 Å². The maximum atomic E-state index is 14.7. The molecule has 1 fully saturated rings. The minimum atomic E-state index is -3.76. The highest BCUT2D eigenvalue weighted by molar-refractivity contribution is 7.92. The predicted molar refractivity (Wildman–Crippen MR) is 201 cm³/mol. The van der Waals surface area contributed by atoms with E-state index in [0.717, 1.165) is 32.1 Å². The second-order valence-corrected chi connectivity index (χ2v) is 17.2. The highest BCUT2D eigenvalue weighted by Crippen LogP contribution is 2.46. The molecule has 1 unspecified atom stereocenters. The van der Waals surface area contributed by atoms with Crippen LogP contribution >= 0.6 is 11.6 Å². The summed E-state index contributed by atoms with van der Waals surface area (Å²) in [5.74, 6) is -0.522. The van der Waals surface area contributed by atoms with E-state index in [2.05, 4.69) is 31.2 Å². The number of fused-ring (bicyclic) bond motifs is 4. The molecule has 15 heteroatoms. The Morgan fingerprint density at radius 2 is 1.91 bits per heavy atom. The number of carbonyl (C=O) groups excluding carboxylic acids is 2. The van der Waals surface area contributed by atoms with Crippen LogP contribution in [0.2, 0.25) is 5.02 Å². The summed E-state index contributed by atoms with van der Waals surface area (Å²) < 4.78 is 46.7. The maximum Gasteiger partial charge on any atom is 0.305 e. The molecule has 2 aliphatic carbocycles. The van der Waals surface area contributed by atoms with Crippen LogP contribution in [-0.4, -0.2) is 89.8 Å². The van der Waals surface area contributed by atoms with E-state index in [1.807, 2.05) is 25.1 Å². The van der Waals surface area contributed by atoms with Crippen LogP contribution in [0.1, 0.15) is 64.6 Å². The number of aryl methyl sites for hydroxylation is 2. The van der Waals surface area contributed by atoms with Crippen molar-refractivity contribution in [1.82, 2.24) is 19.5 Å². The van der Waals surface area contributed by atoms with Gasteiger partial charge in [-0.2, -0.15) is 0 Å². The van der Waals surface area contributed by atoms with Crippen molar-refractivity contribution < 1.29 is 32.7 Å². The number of nitrogens with one attached hydrogen (secondary N) is 1. The molecule has 13 nitrogen and oxygen atoms in total. The SMILES string of the molecule is COc1nn(C)cc1C(=O)NS1(=O)=NC(=O)c2ccc3c(n2)N(C[C@@H]2CC[C@H]2[C@@H](OC)/C=C\[C@@H](OC)[C@H](C)C1)C[C@@]1(CCCc2cc(Cl)ccc21)CO3. The first-order valence-corrected chi connectivity index (χ1v) is 20.1. The van der Waals surface area contributed by atoms with Crippen LogP contribution in [0, 0.1) is 17.8 Å². The Balaban J connectivity index is 1.33. The van der Waals surface area contributed by atoms with Crippen LogP contribution < -0.4 is 19.1 Å². The maximum absolute atomic E-state index is 14.7. The Morgan fingerprint density at radius 1 is 1.11 bits per heavy atom. The number of carbonyl (C=O) groups is 2. The highest BCUT2D eigenvalue weighted by Gasteiger charge is 2.45. The molecule has 1 aromatic carbocycles. The van der Waals surface area contributed by atoms with Crippen LogP contribution in [0.15, 0.2) is 53.0 Å². The molecule has 1 spiro atoms. The number of ether oxygens (including phenoxy) is 4. The zero-order valence-corrected chi connectivity index (χ0v) is 32.3. The number of hydrogen-bond donors (Lipinski definition) is 1. The van der Waals surface area contributed by atoms with Crippen molar-refractivity contribution in [3.63, 3.8) is 0 Å². The molecule has 7 atom stereocenters. The normalized spacial score (nSPS) is 30.5. The van der Waals surface area contributed by atoms with E-state index < -0.39 is 33.8 Å². The Labute approximate surface area is 315 Å². The summed E-state index contributed by atoms with van der Waals surface area (Å²) >= 11 is 6.45. The number of anilines is 1. The Bertz CT molecular complexity index is 2050. The summed E-state index contributed by atoms with van der Waals surface area (Å²) in [5, 5.41) is 4.86. The van der Waals surface area contributed by atoms with Gasteiger partial charge in [0.2, 0.25) is 5.88 Å². The lowest BCUT2D eigenvalue weighted by molar-refractivity contribution is 0.0119. The number of hydrogen-bond acceptors (Lipinski definition) is 10. The number of halogens is 1. The molecule has 3 aromatic rings. The van der Waals surface area contributed by atoms with Crippen LogP contribution in [-0.2, 0) is 38.3 Å². The highest BCUT2D eigenvalue weighted by atomic mass is 35.5. The molecule has 0 saturated heterocycles. The molecular formula is C38H47ClN6O7S. The Morgan fingerprint density at radius 3 is 2.64 bits per heavy atom. The smallest absolute Gasteiger partial charge is 0.305 e. The molecule has 4 aliphatic rings. The van der Waals surface area contributed by atoms with E-state index in [4.69, 9.17) is 35.5 Å². The van der Waals surface area contributed by atoms with Gasteiger partial charge in [-0.3, -0.25) is 19.0 Å². The molecule has 0 radical (unpaired) electrons. The molecule has 2 aromatic heterocycles. The zero-order valence-electron chi connectivity index (χ0n) is 30.7. The topological polar surface area (TPSA) is 146 Å². The summed E-state index contributed by atoms with van der Waals surface area (Å²) in [5.41, 5.74) is 2.17. The first-order chi connectivity index (χ1) is 25.4. The lowest BCUT2D eigenvalue weighted by atomic mass is 9.68. The third-order valence-corrected chi connectivity index (χ3v) is 13.4. The molecule has 1 saturated carbocycles. The Kier molecular flexibility index (Phi) is 10.6. The van der Waals surface area contributed by atoms with E-state index in [9.17, 15) is 13.8 Å². The standard InChI is InChI=1S/C38H47ClN6O7S/c1-23-20-53(48,42-35(46)28-19-44(2)41-37(28)51-5)43-36(47)30-12-13-33-34(40-30)45(18-25-8-10-27(25)32(50-4)15-14-31(23)49-3)21-38(22-52-33)16-6-7-24-17-26(39)9-11-29(24)38/h9,11-15,17,19,23,25,27,31-32H,6-8,10,16,18,20-22H2,1-5H3,(H,42,43,46,47,48)/b15-14-/t23-,25+,27-,31-,32+,38+,53?/m1/s1. The average Bonchev–Trinajstić information content (AvgIpc) is 3.44. The lowest BCUT2D eigenvalue weighted by Gasteiger charge is -2.45. The number of aromatic nitrogens is 3. The van der Waals surface area contributed by atoms with Crippen molar-refractivity contribution in [2.45, 2.75) is 56.7 Å². The van der Waals surface area contributed by atoms with Crippen molar-refractivity contribution in [2.75, 3.05) is 51.7 Å². The van der Waals surface area contributed by atoms with Gasteiger partial charge in [0.25, 0.3) is 5.91 Å².